The van der Waals surface area contributed by atoms with Gasteiger partial charge in [-0.2, -0.15) is 18.3 Å². The molecule has 1 saturated heterocycles. The number of nitrogens with zero attached hydrogens (tertiary/aromatic N) is 5. The summed E-state index contributed by atoms with van der Waals surface area (Å²) in [5.41, 5.74) is 1.48. The molecule has 1 aromatic carbocycles. The molecule has 34 heavy (non-hydrogen) atoms. The minimum absolute atomic E-state index is 0.165. The largest absolute Gasteiger partial charge is 0.401 e. The number of piperidine rings is 1. The van der Waals surface area contributed by atoms with Gasteiger partial charge in [0.1, 0.15) is 5.69 Å². The fraction of sp³-hybridized carbons (Fsp3) is 0.391. The molecule has 0 spiro atoms. The molecular formula is C23H24ClF3N6O. The summed E-state index contributed by atoms with van der Waals surface area (Å²) < 4.78 is 39.7. The summed E-state index contributed by atoms with van der Waals surface area (Å²) in [5, 5.41) is 7.72. The van der Waals surface area contributed by atoms with Crippen LogP contribution in [0.4, 0.5) is 13.2 Å². The molecule has 0 bridgehead atoms. The highest BCUT2D eigenvalue weighted by molar-refractivity contribution is 6.30. The normalized spacial score (nSPS) is 16.4. The number of halogens is 4. The Morgan fingerprint density at radius 3 is 2.41 bits per heavy atom. The molecule has 2 aromatic heterocycles. The lowest BCUT2D eigenvalue weighted by molar-refractivity contribution is -0.149. The van der Waals surface area contributed by atoms with Crippen LogP contribution in [0.3, 0.4) is 0 Å². The van der Waals surface area contributed by atoms with E-state index in [1.165, 1.54) is 4.90 Å². The molecule has 0 aliphatic carbocycles. The predicted octanol–water partition coefficient (Wildman–Crippen LogP) is 4.34. The maximum absolute atomic E-state index is 13.2. The highest BCUT2D eigenvalue weighted by Crippen LogP contribution is 2.27. The molecule has 1 aliphatic rings. The van der Waals surface area contributed by atoms with Crippen LogP contribution < -0.4 is 5.32 Å². The Hall–Kier alpha value is -2.98. The van der Waals surface area contributed by atoms with Gasteiger partial charge in [-0.05, 0) is 38.0 Å². The first-order valence-electron chi connectivity index (χ1n) is 10.8. The zero-order valence-electron chi connectivity index (χ0n) is 18.7. The molecule has 0 atom stereocenters. The number of aromatic nitrogens is 4. The standard InChI is InChI=1S/C23H24ClF3N6O/c1-22(7-9-33(10-8-22)14-23(25,26)27)31-21(34)19-11-18(15-3-5-17(24)6-4-15)29-20(30-19)16-12-28-32(2)13-16/h3-6,11-13H,7-10,14H2,1-2H3,(H,31,34). The summed E-state index contributed by atoms with van der Waals surface area (Å²) in [6.07, 6.45) is -0.0712. The predicted molar refractivity (Wildman–Crippen MR) is 122 cm³/mol. The number of amides is 1. The molecule has 0 unspecified atom stereocenters. The fourth-order valence-corrected chi connectivity index (χ4v) is 4.05. The Bertz CT molecular complexity index is 1170. The number of aryl methyl sites for hydroxylation is 1. The molecule has 0 radical (unpaired) electrons. The number of benzene rings is 1. The van der Waals surface area contributed by atoms with Gasteiger partial charge in [0.05, 0.1) is 24.0 Å². The van der Waals surface area contributed by atoms with Gasteiger partial charge in [0.25, 0.3) is 5.91 Å². The summed E-state index contributed by atoms with van der Waals surface area (Å²) >= 11 is 6.01. The van der Waals surface area contributed by atoms with Gasteiger partial charge in [0.15, 0.2) is 5.82 Å². The second-order valence-corrected chi connectivity index (χ2v) is 9.21. The van der Waals surface area contributed by atoms with Gasteiger partial charge in [-0.3, -0.25) is 14.4 Å². The second kappa shape index (κ2) is 9.34. The van der Waals surface area contributed by atoms with Crippen molar-refractivity contribution in [2.75, 3.05) is 19.6 Å². The third kappa shape index (κ3) is 5.92. The van der Waals surface area contributed by atoms with Crippen molar-refractivity contribution in [3.05, 3.63) is 53.4 Å². The SMILES string of the molecule is Cn1cc(-c2nc(C(=O)NC3(C)CCN(CC(F)(F)F)CC3)cc(-c3ccc(Cl)cc3)n2)cn1. The summed E-state index contributed by atoms with van der Waals surface area (Å²) in [7, 11) is 1.77. The van der Waals surface area contributed by atoms with Crippen molar-refractivity contribution >= 4 is 17.5 Å². The van der Waals surface area contributed by atoms with E-state index in [1.54, 1.807) is 54.5 Å². The van der Waals surface area contributed by atoms with Gasteiger partial charge < -0.3 is 5.32 Å². The highest BCUT2D eigenvalue weighted by atomic mass is 35.5. The summed E-state index contributed by atoms with van der Waals surface area (Å²) in [4.78, 5) is 23.6. The van der Waals surface area contributed by atoms with Crippen LogP contribution in [0.2, 0.25) is 5.02 Å². The number of rotatable bonds is 5. The number of hydrogen-bond acceptors (Lipinski definition) is 5. The van der Waals surface area contributed by atoms with Crippen LogP contribution in [0.1, 0.15) is 30.3 Å². The number of likely N-dealkylation sites (tertiary alicyclic amines) is 1. The lowest BCUT2D eigenvalue weighted by Gasteiger charge is -2.40. The Balaban J connectivity index is 1.58. The summed E-state index contributed by atoms with van der Waals surface area (Å²) in [5.74, 6) is -0.0645. The van der Waals surface area contributed by atoms with Gasteiger partial charge in [0, 0.05) is 42.5 Å². The average Bonchev–Trinajstić information content (AvgIpc) is 3.21. The van der Waals surface area contributed by atoms with E-state index in [-0.39, 0.29) is 18.8 Å². The van der Waals surface area contributed by atoms with E-state index in [2.05, 4.69) is 20.4 Å². The number of nitrogens with one attached hydrogen (secondary N) is 1. The van der Waals surface area contributed by atoms with E-state index in [1.807, 2.05) is 6.92 Å². The van der Waals surface area contributed by atoms with Gasteiger partial charge >= 0.3 is 6.18 Å². The first-order chi connectivity index (χ1) is 16.0. The van der Waals surface area contributed by atoms with Crippen LogP contribution in [0, 0.1) is 0 Å². The van der Waals surface area contributed by atoms with Crippen molar-refractivity contribution in [2.45, 2.75) is 31.5 Å². The van der Waals surface area contributed by atoms with E-state index < -0.39 is 24.2 Å². The van der Waals surface area contributed by atoms with Crippen molar-refractivity contribution in [1.29, 1.82) is 0 Å². The summed E-state index contributed by atoms with van der Waals surface area (Å²) in [6.45, 7) is 1.40. The van der Waals surface area contributed by atoms with E-state index in [0.29, 0.717) is 34.9 Å². The molecule has 1 N–H and O–H groups in total. The lowest BCUT2D eigenvalue weighted by atomic mass is 9.89. The van der Waals surface area contributed by atoms with E-state index >= 15 is 0 Å². The number of hydrogen-bond donors (Lipinski definition) is 1. The molecule has 3 aromatic rings. The molecule has 0 saturated carbocycles. The first kappa shape index (κ1) is 24.2. The third-order valence-electron chi connectivity index (χ3n) is 5.84. The Kier molecular flexibility index (Phi) is 6.64. The molecule has 1 fully saturated rings. The fourth-order valence-electron chi connectivity index (χ4n) is 3.92. The van der Waals surface area contributed by atoms with Gasteiger partial charge in [-0.25, -0.2) is 9.97 Å². The Morgan fingerprint density at radius 2 is 1.82 bits per heavy atom. The van der Waals surface area contributed by atoms with Crippen LogP contribution in [0.5, 0.6) is 0 Å². The number of alkyl halides is 3. The van der Waals surface area contributed by atoms with Crippen molar-refractivity contribution in [3.8, 4) is 22.6 Å². The Morgan fingerprint density at radius 1 is 1.15 bits per heavy atom. The van der Waals surface area contributed by atoms with E-state index in [4.69, 9.17) is 11.6 Å². The van der Waals surface area contributed by atoms with Gasteiger partial charge in [-0.15, -0.1) is 0 Å². The first-order valence-corrected chi connectivity index (χ1v) is 11.1. The van der Waals surface area contributed by atoms with Crippen LogP contribution in [-0.4, -0.2) is 61.9 Å². The average molecular weight is 493 g/mol. The maximum atomic E-state index is 13.2. The van der Waals surface area contributed by atoms with Crippen molar-refractivity contribution in [3.63, 3.8) is 0 Å². The smallest absolute Gasteiger partial charge is 0.345 e. The van der Waals surface area contributed by atoms with Crippen LogP contribution >= 0.6 is 11.6 Å². The second-order valence-electron chi connectivity index (χ2n) is 8.78. The van der Waals surface area contributed by atoms with Crippen molar-refractivity contribution < 1.29 is 18.0 Å². The molecule has 1 aliphatic heterocycles. The maximum Gasteiger partial charge on any atom is 0.401 e. The topological polar surface area (TPSA) is 75.9 Å². The number of carbonyl (C=O) groups is 1. The highest BCUT2D eigenvalue weighted by Gasteiger charge is 2.37. The van der Waals surface area contributed by atoms with Crippen LogP contribution in [0.25, 0.3) is 22.6 Å². The minimum atomic E-state index is -4.24. The Labute approximate surface area is 200 Å². The van der Waals surface area contributed by atoms with Gasteiger partial charge in [-0.1, -0.05) is 23.7 Å². The lowest BCUT2D eigenvalue weighted by Crippen LogP contribution is -2.54. The zero-order chi connectivity index (χ0) is 24.5. The monoisotopic (exact) mass is 492 g/mol. The molecule has 11 heteroatoms. The van der Waals surface area contributed by atoms with Crippen molar-refractivity contribution in [1.82, 2.24) is 30.0 Å². The van der Waals surface area contributed by atoms with Gasteiger partial charge in [0.2, 0.25) is 0 Å². The zero-order valence-corrected chi connectivity index (χ0v) is 19.5. The van der Waals surface area contributed by atoms with Crippen LogP contribution in [0.15, 0.2) is 42.7 Å². The molecule has 4 rings (SSSR count). The summed E-state index contributed by atoms with van der Waals surface area (Å²) in [6, 6.07) is 8.67. The molecular weight excluding hydrogens is 469 g/mol. The van der Waals surface area contributed by atoms with Crippen LogP contribution in [-0.2, 0) is 7.05 Å². The molecule has 3 heterocycles. The molecule has 7 nitrogen and oxygen atoms in total. The molecule has 180 valence electrons. The third-order valence-corrected chi connectivity index (χ3v) is 6.09. The van der Waals surface area contributed by atoms with Crippen molar-refractivity contribution in [2.24, 2.45) is 7.05 Å². The van der Waals surface area contributed by atoms with E-state index in [0.717, 1.165) is 5.56 Å². The minimum Gasteiger partial charge on any atom is -0.345 e. The number of carbonyl (C=O) groups excluding carboxylic acids is 1. The van der Waals surface area contributed by atoms with E-state index in [9.17, 15) is 18.0 Å². The quantitative estimate of drug-likeness (QED) is 0.573. The molecule has 1 amide bonds.